The molecule has 27 heavy (non-hydrogen) atoms. The molecule has 0 aliphatic rings. The molecule has 3 heterocycles. The molecule has 1 amide bonds. The Morgan fingerprint density at radius 2 is 1.89 bits per heavy atom. The van der Waals surface area contributed by atoms with E-state index in [1.165, 1.54) is 12.6 Å². The Balaban J connectivity index is 1.56. The number of hydrazine groups is 1. The Morgan fingerprint density at radius 3 is 2.74 bits per heavy atom. The molecule has 5 N–H and O–H groups in total. The molecular weight excluding hydrogens is 346 g/mol. The van der Waals surface area contributed by atoms with E-state index >= 15 is 0 Å². The number of aromatic nitrogens is 3. The number of hydrogen-bond acceptors (Lipinski definition) is 8. The number of nitrogen functional groups attached to an aromatic ring is 1. The second kappa shape index (κ2) is 7.00. The van der Waals surface area contributed by atoms with E-state index in [0.29, 0.717) is 5.82 Å². The van der Waals surface area contributed by atoms with Crippen molar-refractivity contribution < 1.29 is 9.21 Å². The Labute approximate surface area is 153 Å². The summed E-state index contributed by atoms with van der Waals surface area (Å²) in [5.74, 6) is 0.367. The van der Waals surface area contributed by atoms with Gasteiger partial charge in [-0.3, -0.25) is 20.6 Å². The third kappa shape index (κ3) is 3.33. The predicted molar refractivity (Wildman–Crippen MR) is 101 cm³/mol. The molecule has 0 fully saturated rings. The van der Waals surface area contributed by atoms with E-state index in [0.717, 1.165) is 16.6 Å². The van der Waals surface area contributed by atoms with Gasteiger partial charge in [-0.1, -0.05) is 6.07 Å². The van der Waals surface area contributed by atoms with Gasteiger partial charge in [-0.15, -0.1) is 0 Å². The number of amides is 1. The van der Waals surface area contributed by atoms with E-state index in [-0.39, 0.29) is 17.3 Å². The van der Waals surface area contributed by atoms with Crippen molar-refractivity contribution >= 4 is 39.8 Å². The topological polar surface area (TPSA) is 131 Å². The number of fused-ring (bicyclic) bond motifs is 1. The third-order valence-corrected chi connectivity index (χ3v) is 3.82. The van der Waals surface area contributed by atoms with Crippen LogP contribution in [-0.4, -0.2) is 20.9 Å². The van der Waals surface area contributed by atoms with Gasteiger partial charge in [0.05, 0.1) is 11.8 Å². The molecule has 9 nitrogen and oxygen atoms in total. The molecule has 3 aromatic heterocycles. The van der Waals surface area contributed by atoms with Crippen LogP contribution in [0.4, 0.5) is 23.0 Å². The highest BCUT2D eigenvalue weighted by atomic mass is 16.3. The highest BCUT2D eigenvalue weighted by molar-refractivity contribution is 5.95. The minimum atomic E-state index is -0.451. The molecule has 9 heteroatoms. The molecule has 1 aromatic carbocycles. The second-order valence-electron chi connectivity index (χ2n) is 5.54. The van der Waals surface area contributed by atoms with Gasteiger partial charge in [0.25, 0.3) is 0 Å². The van der Waals surface area contributed by atoms with Crippen LogP contribution in [0, 0.1) is 0 Å². The number of benzene rings is 1. The van der Waals surface area contributed by atoms with Gasteiger partial charge in [0.1, 0.15) is 12.0 Å². The quantitative estimate of drug-likeness (QED) is 0.399. The molecule has 0 unspecified atom stereocenters. The van der Waals surface area contributed by atoms with Crippen LogP contribution < -0.4 is 21.9 Å². The highest BCUT2D eigenvalue weighted by Gasteiger charge is 2.12. The van der Waals surface area contributed by atoms with Crippen LogP contribution in [0.2, 0.25) is 0 Å². The van der Waals surface area contributed by atoms with Gasteiger partial charge in [-0.05, 0) is 36.4 Å². The molecule has 0 aliphatic carbocycles. The number of nitrogens with one attached hydrogen (secondary N) is 3. The molecule has 0 bridgehead atoms. The monoisotopic (exact) mass is 361 g/mol. The van der Waals surface area contributed by atoms with E-state index in [4.69, 9.17) is 10.2 Å². The summed E-state index contributed by atoms with van der Waals surface area (Å²) in [5.41, 5.74) is 13.2. The van der Waals surface area contributed by atoms with Crippen molar-refractivity contribution in [1.29, 1.82) is 0 Å². The number of hydrogen-bond donors (Lipinski definition) is 4. The van der Waals surface area contributed by atoms with E-state index in [9.17, 15) is 4.79 Å². The van der Waals surface area contributed by atoms with Gasteiger partial charge in [-0.2, -0.15) is 0 Å². The van der Waals surface area contributed by atoms with Gasteiger partial charge in [0, 0.05) is 17.3 Å². The zero-order valence-corrected chi connectivity index (χ0v) is 14.0. The van der Waals surface area contributed by atoms with Crippen molar-refractivity contribution in [3.63, 3.8) is 0 Å². The zero-order valence-electron chi connectivity index (χ0n) is 14.0. The maximum absolute atomic E-state index is 11.9. The van der Waals surface area contributed by atoms with E-state index in [1.807, 2.05) is 30.3 Å². The molecule has 0 saturated heterocycles. The van der Waals surface area contributed by atoms with Crippen molar-refractivity contribution in [2.24, 2.45) is 0 Å². The number of carbonyl (C=O) groups is 1. The van der Waals surface area contributed by atoms with Crippen molar-refractivity contribution in [3.05, 3.63) is 67.0 Å². The number of nitrogens with two attached hydrogens (primary N) is 1. The molecule has 0 atom stereocenters. The molecule has 0 spiro atoms. The number of furan rings is 1. The van der Waals surface area contributed by atoms with Gasteiger partial charge >= 0.3 is 5.91 Å². The van der Waals surface area contributed by atoms with Crippen LogP contribution in [0.1, 0.15) is 10.6 Å². The first-order valence-electron chi connectivity index (χ1n) is 8.03. The summed E-state index contributed by atoms with van der Waals surface area (Å²) in [6.07, 6.45) is 4.48. The van der Waals surface area contributed by atoms with E-state index in [2.05, 4.69) is 31.1 Å². The summed E-state index contributed by atoms with van der Waals surface area (Å²) in [6.45, 7) is 0. The fourth-order valence-corrected chi connectivity index (χ4v) is 2.52. The minimum absolute atomic E-state index is 0.164. The molecule has 0 saturated carbocycles. The summed E-state index contributed by atoms with van der Waals surface area (Å²) in [7, 11) is 0. The Kier molecular flexibility index (Phi) is 4.24. The maximum Gasteiger partial charge on any atom is 0.305 e. The van der Waals surface area contributed by atoms with Crippen molar-refractivity contribution in [3.8, 4) is 0 Å². The van der Waals surface area contributed by atoms with Crippen LogP contribution in [0.3, 0.4) is 0 Å². The average molecular weight is 361 g/mol. The Morgan fingerprint density at radius 1 is 1.00 bits per heavy atom. The smallest absolute Gasteiger partial charge is 0.305 e. The molecule has 0 radical (unpaired) electrons. The summed E-state index contributed by atoms with van der Waals surface area (Å²) < 4.78 is 5.02. The first-order chi connectivity index (χ1) is 13.2. The molecule has 0 aliphatic heterocycles. The molecule has 4 aromatic rings. The van der Waals surface area contributed by atoms with Gasteiger partial charge < -0.3 is 15.5 Å². The van der Waals surface area contributed by atoms with Gasteiger partial charge in [0.15, 0.2) is 17.4 Å². The summed E-state index contributed by atoms with van der Waals surface area (Å²) in [4.78, 5) is 24.5. The average Bonchev–Trinajstić information content (AvgIpc) is 3.24. The first-order valence-corrected chi connectivity index (χ1v) is 8.03. The van der Waals surface area contributed by atoms with E-state index in [1.54, 1.807) is 18.3 Å². The van der Waals surface area contributed by atoms with Crippen LogP contribution in [0.5, 0.6) is 0 Å². The van der Waals surface area contributed by atoms with Crippen LogP contribution in [0.15, 0.2) is 65.7 Å². The summed E-state index contributed by atoms with van der Waals surface area (Å²) in [5, 5.41) is 4.11. The van der Waals surface area contributed by atoms with Crippen molar-refractivity contribution in [2.75, 3.05) is 16.5 Å². The second-order valence-corrected chi connectivity index (χ2v) is 5.54. The van der Waals surface area contributed by atoms with Crippen molar-refractivity contribution in [2.45, 2.75) is 0 Å². The van der Waals surface area contributed by atoms with Gasteiger partial charge in [-0.25, -0.2) is 9.97 Å². The molecule has 4 rings (SSSR count). The number of carbonyl (C=O) groups excluding carboxylic acids is 1. The number of anilines is 4. The van der Waals surface area contributed by atoms with Crippen LogP contribution >= 0.6 is 0 Å². The van der Waals surface area contributed by atoms with Gasteiger partial charge in [0.2, 0.25) is 0 Å². The third-order valence-electron chi connectivity index (χ3n) is 3.82. The summed E-state index contributed by atoms with van der Waals surface area (Å²) in [6, 6.07) is 12.7. The maximum atomic E-state index is 11.9. The fourth-order valence-electron chi connectivity index (χ4n) is 2.52. The number of rotatable bonds is 5. The minimum Gasteiger partial charge on any atom is -0.459 e. The zero-order chi connectivity index (χ0) is 18.6. The largest absolute Gasteiger partial charge is 0.459 e. The lowest BCUT2D eigenvalue weighted by Crippen LogP contribution is -2.30. The van der Waals surface area contributed by atoms with E-state index < -0.39 is 5.91 Å². The normalized spacial score (nSPS) is 10.5. The molecule has 134 valence electrons. The number of pyridine rings is 1. The summed E-state index contributed by atoms with van der Waals surface area (Å²) >= 11 is 0. The predicted octanol–water partition coefficient (Wildman–Crippen LogP) is 2.70. The number of nitrogens with zero attached hydrogens (tertiary/aromatic N) is 3. The van der Waals surface area contributed by atoms with Crippen LogP contribution in [-0.2, 0) is 0 Å². The Hall–Kier alpha value is -4.14. The van der Waals surface area contributed by atoms with Crippen LogP contribution in [0.25, 0.3) is 10.9 Å². The lowest BCUT2D eigenvalue weighted by molar-refractivity contribution is 0.0935. The fraction of sp³-hybridized carbons (Fsp3) is 0. The first kappa shape index (κ1) is 16.3. The highest BCUT2D eigenvalue weighted by Crippen LogP contribution is 2.29. The lowest BCUT2D eigenvalue weighted by Gasteiger charge is -2.13. The molecular formula is C18H15N7O2. The van der Waals surface area contributed by atoms with Crippen molar-refractivity contribution in [1.82, 2.24) is 20.4 Å². The SMILES string of the molecule is Nc1c(NNC(=O)c2ccco2)ncnc1Nc1cccc2ncccc12. The Bertz CT molecular complexity index is 1090. The lowest BCUT2D eigenvalue weighted by atomic mass is 10.2. The standard InChI is InChI=1S/C18H15N7O2/c19-15-16(23-13-6-1-5-12-11(13)4-2-8-20-12)21-10-22-17(15)24-25-18(26)14-7-3-9-27-14/h1-10H,19H2,(H,25,26)(H2,21,22,23,24).